The van der Waals surface area contributed by atoms with Crippen LogP contribution in [-0.2, 0) is 11.2 Å². The topological polar surface area (TPSA) is 29.5 Å². The molecular weight excluding hydrogens is 299 g/mol. The number of hydrogen-bond acceptors (Lipinski definition) is 2. The monoisotopic (exact) mass is 316 g/mol. The van der Waals surface area contributed by atoms with Crippen LogP contribution in [0.5, 0.6) is 0 Å². The number of benzene rings is 1. The third-order valence-electron chi connectivity index (χ3n) is 3.73. The molecule has 0 aromatic heterocycles. The fourth-order valence-corrected chi connectivity index (χ4v) is 3.05. The van der Waals surface area contributed by atoms with E-state index in [0.29, 0.717) is 6.42 Å². The zero-order valence-corrected chi connectivity index (χ0v) is 12.0. The summed E-state index contributed by atoms with van der Waals surface area (Å²) in [7, 11) is 1.71. The van der Waals surface area contributed by atoms with E-state index in [-0.39, 0.29) is 11.9 Å². The summed E-state index contributed by atoms with van der Waals surface area (Å²) >= 11 is 3.35. The predicted molar refractivity (Wildman–Crippen MR) is 72.0 cm³/mol. The van der Waals surface area contributed by atoms with Crippen molar-refractivity contribution in [1.29, 1.82) is 0 Å². The Bertz CT molecular complexity index is 414. The second kappa shape index (κ2) is 5.68. The summed E-state index contributed by atoms with van der Waals surface area (Å²) in [6.45, 7) is 0. The molecular formula is C14H18BrFO2. The van der Waals surface area contributed by atoms with Crippen LogP contribution < -0.4 is 0 Å². The minimum atomic E-state index is -0.685. The first kappa shape index (κ1) is 14.0. The number of halogens is 2. The summed E-state index contributed by atoms with van der Waals surface area (Å²) in [6, 6.07) is 4.61. The molecule has 0 bridgehead atoms. The molecule has 0 unspecified atom stereocenters. The maximum absolute atomic E-state index is 13.0. The maximum Gasteiger partial charge on any atom is 0.124 e. The van der Waals surface area contributed by atoms with Crippen LogP contribution in [0.1, 0.15) is 31.2 Å². The molecule has 1 saturated carbocycles. The summed E-state index contributed by atoms with van der Waals surface area (Å²) in [5.74, 6) is -0.263. The Labute approximate surface area is 115 Å². The van der Waals surface area contributed by atoms with Crippen LogP contribution in [0.4, 0.5) is 4.39 Å². The predicted octanol–water partition coefficient (Wildman–Crippen LogP) is 3.45. The summed E-state index contributed by atoms with van der Waals surface area (Å²) in [5, 5.41) is 10.6. The van der Waals surface area contributed by atoms with E-state index >= 15 is 0 Å². The fraction of sp³-hybridized carbons (Fsp3) is 0.571. The highest BCUT2D eigenvalue weighted by molar-refractivity contribution is 9.10. The van der Waals surface area contributed by atoms with Crippen molar-refractivity contribution in [3.8, 4) is 0 Å². The molecule has 1 aromatic rings. The van der Waals surface area contributed by atoms with E-state index in [1.807, 2.05) is 0 Å². The second-order valence-corrected chi connectivity index (χ2v) is 5.93. The molecule has 2 rings (SSSR count). The van der Waals surface area contributed by atoms with Gasteiger partial charge in [-0.15, -0.1) is 0 Å². The molecule has 100 valence electrons. The molecule has 0 radical (unpaired) electrons. The standard InChI is InChI=1S/C14H18BrFO2/c1-18-12-4-6-14(17,7-5-12)9-10-2-3-11(16)8-13(10)15/h2-3,8,12,17H,4-7,9H2,1H3. The van der Waals surface area contributed by atoms with Gasteiger partial charge in [0.25, 0.3) is 0 Å². The Balaban J connectivity index is 2.04. The Morgan fingerprint density at radius 2 is 2.11 bits per heavy atom. The maximum atomic E-state index is 13.0. The molecule has 1 aromatic carbocycles. The smallest absolute Gasteiger partial charge is 0.124 e. The zero-order valence-electron chi connectivity index (χ0n) is 10.5. The van der Waals surface area contributed by atoms with Gasteiger partial charge in [-0.1, -0.05) is 22.0 Å². The summed E-state index contributed by atoms with van der Waals surface area (Å²) in [6.07, 6.45) is 4.05. The van der Waals surface area contributed by atoms with Crippen LogP contribution in [0.3, 0.4) is 0 Å². The van der Waals surface area contributed by atoms with Crippen molar-refractivity contribution in [3.05, 3.63) is 34.1 Å². The summed E-state index contributed by atoms with van der Waals surface area (Å²) < 4.78 is 19.0. The molecule has 1 aliphatic carbocycles. The Morgan fingerprint density at radius 3 is 2.67 bits per heavy atom. The van der Waals surface area contributed by atoms with Gasteiger partial charge >= 0.3 is 0 Å². The quantitative estimate of drug-likeness (QED) is 0.925. The van der Waals surface area contributed by atoms with E-state index in [1.54, 1.807) is 13.2 Å². The minimum absolute atomic E-state index is 0.263. The number of hydrogen-bond donors (Lipinski definition) is 1. The fourth-order valence-electron chi connectivity index (χ4n) is 2.56. The molecule has 0 spiro atoms. The lowest BCUT2D eigenvalue weighted by atomic mass is 9.79. The highest BCUT2D eigenvalue weighted by atomic mass is 79.9. The number of methoxy groups -OCH3 is 1. The molecule has 1 N–H and O–H groups in total. The Morgan fingerprint density at radius 1 is 1.44 bits per heavy atom. The van der Waals surface area contributed by atoms with E-state index in [1.165, 1.54) is 12.1 Å². The molecule has 1 aliphatic rings. The van der Waals surface area contributed by atoms with Crippen molar-refractivity contribution >= 4 is 15.9 Å². The van der Waals surface area contributed by atoms with Gasteiger partial charge in [0.2, 0.25) is 0 Å². The molecule has 0 saturated heterocycles. The molecule has 2 nitrogen and oxygen atoms in total. The van der Waals surface area contributed by atoms with Gasteiger partial charge in [-0.25, -0.2) is 4.39 Å². The van der Waals surface area contributed by atoms with Crippen LogP contribution in [0.25, 0.3) is 0 Å². The van der Waals surface area contributed by atoms with E-state index in [4.69, 9.17) is 4.74 Å². The van der Waals surface area contributed by atoms with Gasteiger partial charge in [0, 0.05) is 18.0 Å². The number of aliphatic hydroxyl groups is 1. The van der Waals surface area contributed by atoms with Gasteiger partial charge < -0.3 is 9.84 Å². The van der Waals surface area contributed by atoms with Crippen molar-refractivity contribution in [2.45, 2.75) is 43.8 Å². The Hall–Kier alpha value is -0.450. The van der Waals surface area contributed by atoms with Crippen LogP contribution >= 0.6 is 15.9 Å². The number of ether oxygens (including phenoxy) is 1. The van der Waals surface area contributed by atoms with Crippen LogP contribution in [-0.4, -0.2) is 23.9 Å². The second-order valence-electron chi connectivity index (χ2n) is 5.07. The molecule has 4 heteroatoms. The van der Waals surface area contributed by atoms with Gasteiger partial charge in [-0.05, 0) is 43.4 Å². The first-order valence-corrected chi connectivity index (χ1v) is 7.01. The lowest BCUT2D eigenvalue weighted by Gasteiger charge is -2.35. The molecule has 0 heterocycles. The third-order valence-corrected chi connectivity index (χ3v) is 4.47. The number of rotatable bonds is 3. The van der Waals surface area contributed by atoms with Gasteiger partial charge in [0.15, 0.2) is 0 Å². The largest absolute Gasteiger partial charge is 0.390 e. The van der Waals surface area contributed by atoms with Gasteiger partial charge in [0.05, 0.1) is 11.7 Å². The van der Waals surface area contributed by atoms with Crippen molar-refractivity contribution in [3.63, 3.8) is 0 Å². The molecule has 0 amide bonds. The lowest BCUT2D eigenvalue weighted by Crippen LogP contribution is -2.38. The molecule has 1 fully saturated rings. The lowest BCUT2D eigenvalue weighted by molar-refractivity contribution is -0.0428. The Kier molecular flexibility index (Phi) is 4.41. The minimum Gasteiger partial charge on any atom is -0.390 e. The third kappa shape index (κ3) is 3.31. The zero-order chi connectivity index (χ0) is 13.2. The molecule has 0 atom stereocenters. The first-order chi connectivity index (χ1) is 8.52. The molecule has 18 heavy (non-hydrogen) atoms. The van der Waals surface area contributed by atoms with E-state index in [2.05, 4.69) is 15.9 Å². The van der Waals surface area contributed by atoms with E-state index < -0.39 is 5.60 Å². The molecule has 0 aliphatic heterocycles. The van der Waals surface area contributed by atoms with E-state index in [0.717, 1.165) is 35.7 Å². The summed E-state index contributed by atoms with van der Waals surface area (Å²) in [5.41, 5.74) is 0.268. The first-order valence-electron chi connectivity index (χ1n) is 6.21. The van der Waals surface area contributed by atoms with Crippen molar-refractivity contribution in [1.82, 2.24) is 0 Å². The normalized spacial score (nSPS) is 28.3. The van der Waals surface area contributed by atoms with Crippen molar-refractivity contribution < 1.29 is 14.2 Å². The van der Waals surface area contributed by atoms with Crippen molar-refractivity contribution in [2.24, 2.45) is 0 Å². The average Bonchev–Trinajstić information content (AvgIpc) is 2.34. The van der Waals surface area contributed by atoms with Crippen LogP contribution in [0.2, 0.25) is 0 Å². The van der Waals surface area contributed by atoms with Gasteiger partial charge in [0.1, 0.15) is 5.82 Å². The van der Waals surface area contributed by atoms with Gasteiger partial charge in [-0.2, -0.15) is 0 Å². The van der Waals surface area contributed by atoms with E-state index in [9.17, 15) is 9.50 Å². The van der Waals surface area contributed by atoms with Gasteiger partial charge in [-0.3, -0.25) is 0 Å². The van der Waals surface area contributed by atoms with Crippen molar-refractivity contribution in [2.75, 3.05) is 7.11 Å². The summed E-state index contributed by atoms with van der Waals surface area (Å²) in [4.78, 5) is 0. The van der Waals surface area contributed by atoms with Crippen LogP contribution in [0.15, 0.2) is 22.7 Å². The highest BCUT2D eigenvalue weighted by Gasteiger charge is 2.33. The van der Waals surface area contributed by atoms with Crippen LogP contribution in [0, 0.1) is 5.82 Å². The highest BCUT2D eigenvalue weighted by Crippen LogP contribution is 2.34. The average molecular weight is 317 g/mol. The SMILES string of the molecule is COC1CCC(O)(Cc2ccc(F)cc2Br)CC1.